The van der Waals surface area contributed by atoms with Crippen LogP contribution in [0.3, 0.4) is 0 Å². The van der Waals surface area contributed by atoms with E-state index in [2.05, 4.69) is 101 Å². The number of carbonyl (C=O) groups excluding carboxylic acids is 3. The minimum atomic E-state index is -3.34. The molecule has 40 heteroatoms. The second-order valence-corrected chi connectivity index (χ2v) is 35.6. The number of carbonyl (C=O) groups is 3. The first-order valence-electron chi connectivity index (χ1n) is 43.3. The van der Waals surface area contributed by atoms with Gasteiger partial charge in [0.1, 0.15) is 101 Å². The van der Waals surface area contributed by atoms with Crippen molar-refractivity contribution in [1.29, 1.82) is 0 Å². The average Bonchev–Trinajstić information content (AvgIpc) is 1.52. The van der Waals surface area contributed by atoms with Gasteiger partial charge in [-0.1, -0.05) is 42.5 Å². The van der Waals surface area contributed by atoms with Crippen LogP contribution in [0.5, 0.6) is 5.75 Å². The molecule has 0 saturated heterocycles. The number of rotatable bonds is 25. The van der Waals surface area contributed by atoms with E-state index in [-0.39, 0.29) is 61.8 Å². The number of hydrogen-bond donors (Lipinski definition) is 7. The Balaban J connectivity index is 0.000000137. The Bertz CT molecular complexity index is 7220. The molecule has 9 heterocycles. The minimum absolute atomic E-state index is 0.0179. The topological polar surface area (TPSA) is 360 Å². The maximum absolute atomic E-state index is 15.1. The summed E-state index contributed by atoms with van der Waals surface area (Å²) in [7, 11) is 0.642. The predicted molar refractivity (Wildman–Crippen MR) is 494 cm³/mol. The van der Waals surface area contributed by atoms with Gasteiger partial charge in [0.15, 0.2) is 0 Å². The van der Waals surface area contributed by atoms with Crippen LogP contribution in [0.2, 0.25) is 0 Å². The summed E-state index contributed by atoms with van der Waals surface area (Å²) in [5.74, 6) is -12.6. The lowest BCUT2D eigenvalue weighted by Gasteiger charge is -2.23. The summed E-state index contributed by atoms with van der Waals surface area (Å²) in [6.07, 6.45) is 16.8. The fourth-order valence-corrected chi connectivity index (χ4v) is 17.5. The van der Waals surface area contributed by atoms with Crippen LogP contribution in [0.25, 0.3) is 77.5 Å². The molecule has 8 aromatic carbocycles. The number of nitrogens with one attached hydrogen (secondary N) is 5. The van der Waals surface area contributed by atoms with Gasteiger partial charge in [-0.3, -0.25) is 14.4 Å². The first-order chi connectivity index (χ1) is 66.5. The quantitative estimate of drug-likeness (QED) is 0.0159. The maximum atomic E-state index is 15.1. The van der Waals surface area contributed by atoms with Crippen LogP contribution in [0.4, 0.5) is 52.7 Å². The Morgan fingerprint density at radius 1 is 0.496 bits per heavy atom. The molecule has 26 nitrogen and oxygen atoms in total. The smallest absolute Gasteiger partial charge is 0.536 e. The number of imidazole rings is 4. The number of ether oxygens (including phenoxy) is 2. The second-order valence-electron chi connectivity index (χ2n) is 34.8. The SMILES string of the molecule is CC(C)(C)OC(=O)C[C@@H](Cc1cc(F)cc(F)c1)c1ncncc1-c1cccc2[nH]cnc12.CC(C)(C)OC(=O)C[C@@H](Cc1cc(F)cc(F)c1)c1ncncc1Br.N[C@@H](Cc1cc(F)cc(F)c1)c1ncncc1-c1cccc2[nH]cnc12.O=C(Cn1cc(C(F)F)c2c1C(F)(F)C1CC21)N[C@@H](Cc1cc(F)cc(F)c1)c1ncncc1-c1cccc2[nH]cnc12.O[B]Oc1cccc2[nH]cnc12. The number of aromatic amines is 4. The lowest BCUT2D eigenvalue weighted by atomic mass is 9.88. The molecule has 6 atom stereocenters. The van der Waals surface area contributed by atoms with Crippen molar-refractivity contribution in [2.45, 2.75) is 146 Å². The summed E-state index contributed by atoms with van der Waals surface area (Å²) in [5, 5.41) is 11.2. The number of halogens is 13. The van der Waals surface area contributed by atoms with E-state index in [1.165, 1.54) is 74.2 Å². The molecule has 2 unspecified atom stereocenters. The van der Waals surface area contributed by atoms with Crippen LogP contribution in [-0.2, 0) is 62.0 Å². The normalized spacial score (nSPS) is 14.3. The van der Waals surface area contributed by atoms with Gasteiger partial charge in [-0.15, -0.1) is 0 Å². The zero-order valence-electron chi connectivity index (χ0n) is 74.8. The molecular formula is C99H86BBrF12N19O7. The van der Waals surface area contributed by atoms with Gasteiger partial charge < -0.3 is 54.7 Å². The van der Waals surface area contributed by atoms with Gasteiger partial charge >= 0.3 is 19.6 Å². The molecule has 2 aliphatic rings. The van der Waals surface area contributed by atoms with Crippen molar-refractivity contribution >= 4 is 85.6 Å². The van der Waals surface area contributed by atoms with E-state index in [9.17, 15) is 58.3 Å². The third-order valence-corrected chi connectivity index (χ3v) is 23.0. The highest BCUT2D eigenvalue weighted by Gasteiger charge is 2.66. The number of aromatic nitrogens is 17. The standard InChI is InChI=1S/C30H22F6N6O.C25H24F2N4O2.C19H15F2N5.C18H19BrF2N2O2.C7H6BN2O2/c31-15-4-14(5-16(32)7-15)6-23(27-19(9-37-12-39-27)17-2-1-3-22-26(17)40-13-38-22)41-24(43)11-42-10-20(29(33)34)25-18-8-21(18)30(35,36)28(25)42;1-25(2,3)33-22(32)10-16(7-15-8-17(26)11-18(27)9-15)23-20(12-28-13-30-23)19-5-4-6-21-24(19)31-14-29-21;20-12-4-11(5-13(21)7-12)6-16(22)18-15(8-23-9-25-18)14-2-1-3-17-19(14)26-10-24-17;1-18(2,3)25-16(24)7-12(17-15(19)9-22-10-23-17)4-11-5-13(20)8-14(21)6-11;11-8-12-6-3-1-2-5-7(6)10-4-9-5/h1-5,7,9-10,12-13,18,21,23,29H,6,8,11H2,(H,38,40)(H,41,43);4-6,8-9,11-14,16H,7,10H2,1-3H3,(H,29,31);1-5,7-10,16H,6,22H2,(H,24,26);5-6,8-10,12H,4,7H2,1-3H3;1-4,11H,(H,9,10)/t18?,21?,23-;2*16-;12-;/m0101./s1. The summed E-state index contributed by atoms with van der Waals surface area (Å²) < 4.78 is 185. The second kappa shape index (κ2) is 42.8. The molecule has 713 valence electrons. The molecule has 9 aromatic heterocycles. The Morgan fingerprint density at radius 2 is 0.871 bits per heavy atom. The fourth-order valence-electron chi connectivity index (χ4n) is 16.9. The molecule has 19 rings (SSSR count). The zero-order chi connectivity index (χ0) is 98.7. The number of esters is 2. The third-order valence-electron chi connectivity index (χ3n) is 22.4. The lowest BCUT2D eigenvalue weighted by Crippen LogP contribution is -2.34. The van der Waals surface area contributed by atoms with Crippen LogP contribution in [0, 0.1) is 52.5 Å². The van der Waals surface area contributed by atoms with E-state index in [0.717, 1.165) is 90.9 Å². The fraction of sp³-hybridized carbons (Fsp3) is 0.242. The van der Waals surface area contributed by atoms with Crippen molar-refractivity contribution < 1.29 is 86.2 Å². The molecule has 2 aliphatic carbocycles. The molecule has 1 fully saturated rings. The molecule has 1 radical (unpaired) electrons. The molecule has 0 spiro atoms. The number of nitrogens with zero attached hydrogens (tertiary/aromatic N) is 13. The molecule has 0 bridgehead atoms. The Hall–Kier alpha value is -14.9. The summed E-state index contributed by atoms with van der Waals surface area (Å²) in [5.41, 5.74) is 17.8. The molecular weight excluding hydrogens is 1890 g/mol. The third kappa shape index (κ3) is 24.4. The van der Waals surface area contributed by atoms with Crippen molar-refractivity contribution in [1.82, 2.24) is 89.6 Å². The lowest BCUT2D eigenvalue weighted by molar-refractivity contribution is -0.156. The van der Waals surface area contributed by atoms with Crippen LogP contribution < -0.4 is 15.7 Å². The van der Waals surface area contributed by atoms with Gasteiger partial charge in [-0.2, -0.15) is 8.78 Å². The molecule has 17 aromatic rings. The number of fused-ring (bicyclic) bond motifs is 7. The highest BCUT2D eigenvalue weighted by molar-refractivity contribution is 9.10. The number of hydrogen-bond acceptors (Lipinski definition) is 20. The van der Waals surface area contributed by atoms with E-state index >= 15 is 8.78 Å². The molecule has 139 heavy (non-hydrogen) atoms. The number of para-hydroxylation sites is 4. The Kier molecular flexibility index (Phi) is 30.3. The first-order valence-corrected chi connectivity index (χ1v) is 44.1. The van der Waals surface area contributed by atoms with Crippen LogP contribution in [0.1, 0.15) is 159 Å². The largest absolute Gasteiger partial charge is 0.569 e. The Labute approximate surface area is 794 Å². The number of H-pyrrole nitrogens is 4. The highest BCUT2D eigenvalue weighted by atomic mass is 79.9. The van der Waals surface area contributed by atoms with Gasteiger partial charge in [0.2, 0.25) is 5.91 Å². The van der Waals surface area contributed by atoms with Gasteiger partial charge in [0.25, 0.3) is 12.3 Å². The van der Waals surface area contributed by atoms with Gasteiger partial charge in [0.05, 0.1) is 122 Å². The summed E-state index contributed by atoms with van der Waals surface area (Å²) in [6, 6.07) is 33.6. The van der Waals surface area contributed by atoms with Gasteiger partial charge in [-0.25, -0.2) is 104 Å². The number of benzene rings is 8. The van der Waals surface area contributed by atoms with E-state index in [1.54, 1.807) is 97.3 Å². The van der Waals surface area contributed by atoms with Crippen molar-refractivity contribution in [3.8, 4) is 39.1 Å². The molecule has 1 saturated carbocycles. The van der Waals surface area contributed by atoms with Gasteiger partial charge in [-0.05, 0) is 202 Å². The van der Waals surface area contributed by atoms with Crippen molar-refractivity contribution in [3.63, 3.8) is 0 Å². The predicted octanol–water partition coefficient (Wildman–Crippen LogP) is 20.3. The van der Waals surface area contributed by atoms with E-state index in [4.69, 9.17) is 24.9 Å². The van der Waals surface area contributed by atoms with Gasteiger partial charge in [0, 0.05) is 112 Å². The van der Waals surface area contributed by atoms with Crippen molar-refractivity contribution in [2.75, 3.05) is 0 Å². The average molecular weight is 1970 g/mol. The molecule has 0 aliphatic heterocycles. The molecule has 8 N–H and O–H groups in total. The monoisotopic (exact) mass is 1970 g/mol. The van der Waals surface area contributed by atoms with Crippen LogP contribution >= 0.6 is 15.9 Å². The molecule has 1 amide bonds. The van der Waals surface area contributed by atoms with E-state index in [1.807, 2.05) is 54.6 Å². The summed E-state index contributed by atoms with van der Waals surface area (Å²) in [4.78, 5) is 101. The number of nitrogens with two attached hydrogens (primary N) is 1. The van der Waals surface area contributed by atoms with Crippen molar-refractivity contribution in [3.05, 3.63) is 340 Å². The minimum Gasteiger partial charge on any atom is -0.536 e. The maximum Gasteiger partial charge on any atom is 0.569 e. The highest BCUT2D eigenvalue weighted by Crippen LogP contribution is 2.68. The van der Waals surface area contributed by atoms with Crippen LogP contribution in [-0.4, -0.2) is 126 Å². The Morgan fingerprint density at radius 3 is 1.30 bits per heavy atom. The van der Waals surface area contributed by atoms with Crippen LogP contribution in [0.15, 0.2) is 232 Å². The van der Waals surface area contributed by atoms with E-state index < -0.39 is 141 Å². The zero-order valence-corrected chi connectivity index (χ0v) is 76.4. The number of alkyl halides is 4. The first kappa shape index (κ1) is 98.6. The van der Waals surface area contributed by atoms with Crippen molar-refractivity contribution in [2.24, 2.45) is 11.7 Å². The van der Waals surface area contributed by atoms with E-state index in [0.29, 0.717) is 85.5 Å². The summed E-state index contributed by atoms with van der Waals surface area (Å²) >= 11 is 3.37. The summed E-state index contributed by atoms with van der Waals surface area (Å²) in [6.45, 7) is 10.0. The number of amides is 1.